The Bertz CT molecular complexity index is 575. The largest absolute Gasteiger partial charge is 0.383 e. The molecule has 1 aromatic rings. The van der Waals surface area contributed by atoms with E-state index < -0.39 is 11.2 Å². The van der Waals surface area contributed by atoms with Crippen molar-refractivity contribution in [3.05, 3.63) is 20.8 Å². The van der Waals surface area contributed by atoms with E-state index in [1.165, 1.54) is 11.7 Å². The van der Waals surface area contributed by atoms with Crippen LogP contribution >= 0.6 is 0 Å². The lowest BCUT2D eigenvalue weighted by molar-refractivity contribution is 0.0595. The molecule has 4 N–H and O–H groups in total. The van der Waals surface area contributed by atoms with Crippen molar-refractivity contribution < 1.29 is 9.47 Å². The van der Waals surface area contributed by atoms with E-state index in [0.29, 0.717) is 32.2 Å². The number of nitrogens with one attached hydrogen (secondary N) is 2. The number of hydrogen-bond donors (Lipinski definition) is 3. The van der Waals surface area contributed by atoms with Crippen LogP contribution in [0.15, 0.2) is 9.59 Å². The van der Waals surface area contributed by atoms with Gasteiger partial charge in [0, 0.05) is 20.3 Å². The van der Waals surface area contributed by atoms with Crippen molar-refractivity contribution in [2.75, 3.05) is 44.5 Å². The first-order valence-corrected chi connectivity index (χ1v) is 7.06. The third-order valence-electron chi connectivity index (χ3n) is 3.58. The van der Waals surface area contributed by atoms with Gasteiger partial charge in [0.15, 0.2) is 0 Å². The zero-order valence-corrected chi connectivity index (χ0v) is 12.2. The van der Waals surface area contributed by atoms with Gasteiger partial charge in [0.2, 0.25) is 0 Å². The zero-order chi connectivity index (χ0) is 15.2. The van der Waals surface area contributed by atoms with Gasteiger partial charge in [-0.3, -0.25) is 14.3 Å². The smallest absolute Gasteiger partial charge is 0.330 e. The molecule has 0 amide bonds. The number of rotatable bonds is 6. The first-order chi connectivity index (χ1) is 10.1. The van der Waals surface area contributed by atoms with Crippen LogP contribution in [-0.4, -0.2) is 43.0 Å². The Hall–Kier alpha value is -1.80. The first kappa shape index (κ1) is 15.6. The van der Waals surface area contributed by atoms with Crippen LogP contribution in [-0.2, 0) is 16.0 Å². The summed E-state index contributed by atoms with van der Waals surface area (Å²) < 4.78 is 11.6. The SMILES string of the molecule is COCCn1c(N)c(NCC2CCCOC2)c(=O)[nH]c1=O. The van der Waals surface area contributed by atoms with Gasteiger partial charge >= 0.3 is 5.69 Å². The minimum atomic E-state index is -0.527. The Kier molecular flexibility index (Phi) is 5.40. The van der Waals surface area contributed by atoms with Gasteiger partial charge in [0.25, 0.3) is 5.56 Å². The molecule has 0 radical (unpaired) electrons. The molecular weight excluding hydrogens is 276 g/mol. The molecule has 0 aliphatic carbocycles. The fourth-order valence-corrected chi connectivity index (χ4v) is 2.38. The molecule has 2 rings (SSSR count). The van der Waals surface area contributed by atoms with Gasteiger partial charge < -0.3 is 20.5 Å². The average molecular weight is 298 g/mol. The van der Waals surface area contributed by atoms with Crippen LogP contribution in [0, 0.1) is 5.92 Å². The highest BCUT2D eigenvalue weighted by atomic mass is 16.5. The molecule has 0 saturated carbocycles. The zero-order valence-electron chi connectivity index (χ0n) is 12.2. The molecule has 1 unspecified atom stereocenters. The van der Waals surface area contributed by atoms with Crippen molar-refractivity contribution in [3.63, 3.8) is 0 Å². The maximum Gasteiger partial charge on any atom is 0.330 e. The molecule has 2 heterocycles. The molecule has 21 heavy (non-hydrogen) atoms. The number of ether oxygens (including phenoxy) is 2. The summed E-state index contributed by atoms with van der Waals surface area (Å²) in [4.78, 5) is 25.9. The summed E-state index contributed by atoms with van der Waals surface area (Å²) in [5.74, 6) is 0.481. The minimum Gasteiger partial charge on any atom is -0.383 e. The number of nitrogen functional groups attached to an aromatic ring is 1. The van der Waals surface area contributed by atoms with Gasteiger partial charge in [-0.15, -0.1) is 0 Å². The molecule has 8 nitrogen and oxygen atoms in total. The second kappa shape index (κ2) is 7.28. The standard InChI is InChI=1S/C13H22N4O4/c1-20-6-4-17-11(14)10(12(18)16-13(17)19)15-7-9-3-2-5-21-8-9/h9,15H,2-8,14H2,1H3,(H,16,18,19). The van der Waals surface area contributed by atoms with Gasteiger partial charge in [0.05, 0.1) is 19.8 Å². The van der Waals surface area contributed by atoms with Crippen molar-refractivity contribution in [2.24, 2.45) is 5.92 Å². The molecule has 0 spiro atoms. The minimum absolute atomic E-state index is 0.137. The third-order valence-corrected chi connectivity index (χ3v) is 3.58. The van der Waals surface area contributed by atoms with E-state index >= 15 is 0 Å². The Morgan fingerprint density at radius 1 is 1.52 bits per heavy atom. The van der Waals surface area contributed by atoms with Gasteiger partial charge in [-0.25, -0.2) is 4.79 Å². The Balaban J connectivity index is 2.14. The molecule has 1 saturated heterocycles. The number of anilines is 2. The summed E-state index contributed by atoms with van der Waals surface area (Å²) >= 11 is 0. The number of methoxy groups -OCH3 is 1. The number of aromatic amines is 1. The van der Waals surface area contributed by atoms with Gasteiger partial charge in [-0.1, -0.05) is 0 Å². The van der Waals surface area contributed by atoms with Crippen molar-refractivity contribution >= 4 is 11.5 Å². The number of hydrogen-bond acceptors (Lipinski definition) is 6. The van der Waals surface area contributed by atoms with E-state index in [4.69, 9.17) is 15.2 Å². The predicted octanol–water partition coefficient (Wildman–Crippen LogP) is -0.396. The van der Waals surface area contributed by atoms with E-state index in [1.54, 1.807) is 0 Å². The second-order valence-electron chi connectivity index (χ2n) is 5.13. The summed E-state index contributed by atoms with van der Waals surface area (Å²) in [6.07, 6.45) is 2.07. The second-order valence-corrected chi connectivity index (χ2v) is 5.13. The lowest BCUT2D eigenvalue weighted by Crippen LogP contribution is -2.36. The summed E-state index contributed by atoms with van der Waals surface area (Å²) in [5, 5.41) is 3.05. The quantitative estimate of drug-likeness (QED) is 0.659. The highest BCUT2D eigenvalue weighted by Crippen LogP contribution is 2.16. The van der Waals surface area contributed by atoms with E-state index in [9.17, 15) is 9.59 Å². The van der Waals surface area contributed by atoms with Crippen LogP contribution in [0.1, 0.15) is 12.8 Å². The molecule has 1 aliphatic rings. The maximum absolute atomic E-state index is 11.9. The fraction of sp³-hybridized carbons (Fsp3) is 0.692. The third kappa shape index (κ3) is 3.85. The number of H-pyrrole nitrogens is 1. The molecule has 118 valence electrons. The summed E-state index contributed by atoms with van der Waals surface area (Å²) in [6, 6.07) is 0. The van der Waals surface area contributed by atoms with E-state index in [2.05, 4.69) is 10.3 Å². The predicted molar refractivity (Wildman–Crippen MR) is 79.6 cm³/mol. The van der Waals surface area contributed by atoms with E-state index in [-0.39, 0.29) is 11.5 Å². The maximum atomic E-state index is 11.9. The molecule has 1 atom stereocenters. The fourth-order valence-electron chi connectivity index (χ4n) is 2.38. The van der Waals surface area contributed by atoms with Gasteiger partial charge in [-0.2, -0.15) is 0 Å². The van der Waals surface area contributed by atoms with Gasteiger partial charge in [-0.05, 0) is 18.8 Å². The van der Waals surface area contributed by atoms with Crippen molar-refractivity contribution in [1.29, 1.82) is 0 Å². The Labute approximate surface area is 122 Å². The van der Waals surface area contributed by atoms with Crippen LogP contribution in [0.25, 0.3) is 0 Å². The average Bonchev–Trinajstić information content (AvgIpc) is 2.47. The number of aromatic nitrogens is 2. The highest BCUT2D eigenvalue weighted by Gasteiger charge is 2.16. The molecule has 1 fully saturated rings. The van der Waals surface area contributed by atoms with Crippen LogP contribution < -0.4 is 22.3 Å². The summed E-state index contributed by atoms with van der Waals surface area (Å²) in [6.45, 7) is 2.69. The van der Waals surface area contributed by atoms with Gasteiger partial charge in [0.1, 0.15) is 11.5 Å². The van der Waals surface area contributed by atoms with Crippen molar-refractivity contribution in [3.8, 4) is 0 Å². The Morgan fingerprint density at radius 3 is 3.00 bits per heavy atom. The Morgan fingerprint density at radius 2 is 2.33 bits per heavy atom. The lowest BCUT2D eigenvalue weighted by atomic mass is 10.0. The van der Waals surface area contributed by atoms with Crippen molar-refractivity contribution in [2.45, 2.75) is 19.4 Å². The summed E-state index contributed by atoms with van der Waals surface area (Å²) in [5.41, 5.74) is 5.14. The topological polar surface area (TPSA) is 111 Å². The van der Waals surface area contributed by atoms with E-state index in [0.717, 1.165) is 19.4 Å². The lowest BCUT2D eigenvalue weighted by Gasteiger charge is -2.23. The number of nitrogens with zero attached hydrogens (tertiary/aromatic N) is 1. The van der Waals surface area contributed by atoms with Crippen LogP contribution in [0.4, 0.5) is 11.5 Å². The summed E-state index contributed by atoms with van der Waals surface area (Å²) in [7, 11) is 1.54. The van der Waals surface area contributed by atoms with Crippen LogP contribution in [0.2, 0.25) is 0 Å². The first-order valence-electron chi connectivity index (χ1n) is 7.06. The number of nitrogens with two attached hydrogens (primary N) is 1. The molecule has 8 heteroatoms. The van der Waals surface area contributed by atoms with Crippen LogP contribution in [0.5, 0.6) is 0 Å². The molecule has 0 bridgehead atoms. The molecule has 0 aromatic carbocycles. The molecule has 1 aliphatic heterocycles. The van der Waals surface area contributed by atoms with E-state index in [1.807, 2.05) is 0 Å². The highest BCUT2D eigenvalue weighted by molar-refractivity contribution is 5.60. The monoisotopic (exact) mass is 298 g/mol. The van der Waals surface area contributed by atoms with Crippen LogP contribution in [0.3, 0.4) is 0 Å². The van der Waals surface area contributed by atoms with Crippen molar-refractivity contribution in [1.82, 2.24) is 9.55 Å². The normalized spacial score (nSPS) is 18.6. The molecule has 1 aromatic heterocycles. The molecular formula is C13H22N4O4.